The van der Waals surface area contributed by atoms with Crippen molar-refractivity contribution in [2.45, 2.75) is 31.4 Å². The van der Waals surface area contributed by atoms with Crippen LogP contribution in [0.1, 0.15) is 19.3 Å². The lowest BCUT2D eigenvalue weighted by molar-refractivity contribution is 0.0797. The van der Waals surface area contributed by atoms with Crippen LogP contribution in [0, 0.1) is 0 Å². The molecule has 0 aromatic rings. The third-order valence-corrected chi connectivity index (χ3v) is 3.51. The SMILES string of the molecule is NCC1CNCCN1CCC1CCCO1. The number of hydrogen-bond acceptors (Lipinski definition) is 4. The van der Waals surface area contributed by atoms with Gasteiger partial charge in [-0.05, 0) is 19.3 Å². The van der Waals surface area contributed by atoms with Crippen molar-refractivity contribution in [2.75, 3.05) is 39.3 Å². The molecule has 0 saturated carbocycles. The van der Waals surface area contributed by atoms with Crippen LogP contribution < -0.4 is 11.1 Å². The fourth-order valence-electron chi connectivity index (χ4n) is 2.51. The maximum atomic E-state index is 5.76. The average Bonchev–Trinajstić information content (AvgIpc) is 2.79. The highest BCUT2D eigenvalue weighted by atomic mass is 16.5. The predicted molar refractivity (Wildman–Crippen MR) is 60.9 cm³/mol. The van der Waals surface area contributed by atoms with Crippen LogP contribution in [0.2, 0.25) is 0 Å². The van der Waals surface area contributed by atoms with Gasteiger partial charge in [-0.2, -0.15) is 0 Å². The molecule has 0 amide bonds. The second kappa shape index (κ2) is 5.80. The topological polar surface area (TPSA) is 50.5 Å². The average molecular weight is 213 g/mol. The van der Waals surface area contributed by atoms with Crippen molar-refractivity contribution < 1.29 is 4.74 Å². The molecule has 0 spiro atoms. The number of rotatable bonds is 4. The normalized spacial score (nSPS) is 33.4. The molecule has 2 unspecified atom stereocenters. The fourth-order valence-corrected chi connectivity index (χ4v) is 2.51. The van der Waals surface area contributed by atoms with Gasteiger partial charge in [-0.25, -0.2) is 0 Å². The maximum Gasteiger partial charge on any atom is 0.0588 e. The third-order valence-electron chi connectivity index (χ3n) is 3.51. The quantitative estimate of drug-likeness (QED) is 0.678. The number of nitrogens with one attached hydrogen (secondary N) is 1. The van der Waals surface area contributed by atoms with Crippen LogP contribution in [0.15, 0.2) is 0 Å². The molecule has 0 radical (unpaired) electrons. The molecule has 0 aliphatic carbocycles. The first-order chi connectivity index (χ1) is 7.40. The van der Waals surface area contributed by atoms with Gasteiger partial charge in [0.25, 0.3) is 0 Å². The van der Waals surface area contributed by atoms with Gasteiger partial charge in [-0.3, -0.25) is 4.90 Å². The largest absolute Gasteiger partial charge is 0.378 e. The van der Waals surface area contributed by atoms with Crippen LogP contribution in [0.4, 0.5) is 0 Å². The van der Waals surface area contributed by atoms with Crippen molar-refractivity contribution in [2.24, 2.45) is 5.73 Å². The monoisotopic (exact) mass is 213 g/mol. The summed E-state index contributed by atoms with van der Waals surface area (Å²) in [5.41, 5.74) is 5.76. The molecule has 2 aliphatic rings. The number of ether oxygens (including phenoxy) is 1. The third kappa shape index (κ3) is 3.14. The Hall–Kier alpha value is -0.160. The van der Waals surface area contributed by atoms with Crippen LogP contribution in [-0.4, -0.2) is 56.4 Å². The van der Waals surface area contributed by atoms with E-state index in [2.05, 4.69) is 10.2 Å². The van der Waals surface area contributed by atoms with Crippen LogP contribution >= 0.6 is 0 Å². The Morgan fingerprint density at radius 2 is 2.40 bits per heavy atom. The van der Waals surface area contributed by atoms with E-state index in [0.29, 0.717) is 12.1 Å². The van der Waals surface area contributed by atoms with Crippen molar-refractivity contribution in [3.63, 3.8) is 0 Å². The molecule has 2 rings (SSSR count). The van der Waals surface area contributed by atoms with E-state index >= 15 is 0 Å². The minimum Gasteiger partial charge on any atom is -0.378 e. The van der Waals surface area contributed by atoms with Crippen LogP contribution in [0.25, 0.3) is 0 Å². The van der Waals surface area contributed by atoms with Crippen LogP contribution in [0.3, 0.4) is 0 Å². The summed E-state index contributed by atoms with van der Waals surface area (Å²) in [4.78, 5) is 2.51. The molecular formula is C11H23N3O. The van der Waals surface area contributed by atoms with Crippen molar-refractivity contribution >= 4 is 0 Å². The van der Waals surface area contributed by atoms with Gasteiger partial charge in [0.2, 0.25) is 0 Å². The van der Waals surface area contributed by atoms with Gasteiger partial charge in [-0.15, -0.1) is 0 Å². The zero-order valence-corrected chi connectivity index (χ0v) is 9.45. The number of nitrogens with two attached hydrogens (primary N) is 1. The lowest BCUT2D eigenvalue weighted by Crippen LogP contribution is -2.54. The van der Waals surface area contributed by atoms with E-state index in [9.17, 15) is 0 Å². The summed E-state index contributed by atoms with van der Waals surface area (Å²) < 4.78 is 5.64. The molecular weight excluding hydrogens is 190 g/mol. The van der Waals surface area contributed by atoms with E-state index < -0.39 is 0 Å². The highest BCUT2D eigenvalue weighted by molar-refractivity contribution is 4.81. The summed E-state index contributed by atoms with van der Waals surface area (Å²) in [6, 6.07) is 0.528. The Balaban J connectivity index is 1.71. The minimum absolute atomic E-state index is 0.512. The molecule has 0 aromatic carbocycles. The highest BCUT2D eigenvalue weighted by Crippen LogP contribution is 2.16. The Labute approximate surface area is 92.1 Å². The fraction of sp³-hybridized carbons (Fsp3) is 1.00. The van der Waals surface area contributed by atoms with Gasteiger partial charge in [0, 0.05) is 45.4 Å². The summed E-state index contributed by atoms with van der Waals surface area (Å²) in [6.45, 7) is 6.15. The van der Waals surface area contributed by atoms with E-state index in [-0.39, 0.29) is 0 Å². The Morgan fingerprint density at radius 3 is 3.13 bits per heavy atom. The number of nitrogens with zero attached hydrogens (tertiary/aromatic N) is 1. The summed E-state index contributed by atoms with van der Waals surface area (Å²) in [6.07, 6.45) is 4.18. The van der Waals surface area contributed by atoms with E-state index in [1.54, 1.807) is 0 Å². The second-order valence-electron chi connectivity index (χ2n) is 4.55. The van der Waals surface area contributed by atoms with E-state index in [0.717, 1.165) is 39.3 Å². The lowest BCUT2D eigenvalue weighted by atomic mass is 10.1. The van der Waals surface area contributed by atoms with E-state index in [1.165, 1.54) is 19.3 Å². The van der Waals surface area contributed by atoms with Crippen molar-refractivity contribution in [1.29, 1.82) is 0 Å². The molecule has 2 saturated heterocycles. The van der Waals surface area contributed by atoms with Gasteiger partial charge in [0.1, 0.15) is 0 Å². The zero-order valence-electron chi connectivity index (χ0n) is 9.45. The molecule has 2 atom stereocenters. The lowest BCUT2D eigenvalue weighted by Gasteiger charge is -2.35. The standard InChI is InChI=1S/C11H23N3O/c12-8-10-9-13-4-6-14(10)5-3-11-2-1-7-15-11/h10-11,13H,1-9,12H2. The summed E-state index contributed by atoms with van der Waals surface area (Å²) in [7, 11) is 0. The Kier molecular flexibility index (Phi) is 4.38. The molecule has 0 bridgehead atoms. The first-order valence-electron chi connectivity index (χ1n) is 6.16. The molecule has 4 heteroatoms. The second-order valence-corrected chi connectivity index (χ2v) is 4.55. The van der Waals surface area contributed by atoms with Gasteiger partial charge >= 0.3 is 0 Å². The van der Waals surface area contributed by atoms with E-state index in [1.807, 2.05) is 0 Å². The molecule has 2 heterocycles. The molecule has 15 heavy (non-hydrogen) atoms. The van der Waals surface area contributed by atoms with Crippen molar-refractivity contribution in [1.82, 2.24) is 10.2 Å². The predicted octanol–water partition coefficient (Wildman–Crippen LogP) is -0.212. The molecule has 4 nitrogen and oxygen atoms in total. The van der Waals surface area contributed by atoms with Gasteiger partial charge in [0.05, 0.1) is 6.10 Å². The van der Waals surface area contributed by atoms with Gasteiger partial charge in [-0.1, -0.05) is 0 Å². The van der Waals surface area contributed by atoms with Crippen LogP contribution in [-0.2, 0) is 4.74 Å². The maximum absolute atomic E-state index is 5.76. The summed E-state index contributed by atoms with van der Waals surface area (Å²) >= 11 is 0. The Morgan fingerprint density at radius 1 is 1.47 bits per heavy atom. The van der Waals surface area contributed by atoms with Gasteiger partial charge < -0.3 is 15.8 Å². The first kappa shape index (κ1) is 11.3. The van der Waals surface area contributed by atoms with E-state index in [4.69, 9.17) is 10.5 Å². The Bertz CT molecular complexity index is 183. The number of hydrogen-bond donors (Lipinski definition) is 2. The smallest absolute Gasteiger partial charge is 0.0588 e. The molecule has 2 aliphatic heterocycles. The van der Waals surface area contributed by atoms with Crippen molar-refractivity contribution in [3.05, 3.63) is 0 Å². The number of piperazine rings is 1. The minimum atomic E-state index is 0.512. The molecule has 2 fully saturated rings. The van der Waals surface area contributed by atoms with Crippen LogP contribution in [0.5, 0.6) is 0 Å². The van der Waals surface area contributed by atoms with Crippen molar-refractivity contribution in [3.8, 4) is 0 Å². The summed E-state index contributed by atoms with van der Waals surface area (Å²) in [5, 5.41) is 3.39. The first-order valence-corrected chi connectivity index (χ1v) is 6.16. The zero-order chi connectivity index (χ0) is 10.5. The molecule has 0 aromatic heterocycles. The molecule has 88 valence electrons. The van der Waals surface area contributed by atoms with Gasteiger partial charge in [0.15, 0.2) is 0 Å². The highest BCUT2D eigenvalue weighted by Gasteiger charge is 2.22. The molecule has 3 N–H and O–H groups in total. The summed E-state index contributed by atoms with van der Waals surface area (Å²) in [5.74, 6) is 0.